The Morgan fingerprint density at radius 3 is 2.30 bits per heavy atom. The molecule has 1 N–H and O–H groups in total. The Bertz CT molecular complexity index is 879. The summed E-state index contributed by atoms with van der Waals surface area (Å²) in [6, 6.07) is 13.3. The first-order chi connectivity index (χ1) is 12.8. The maximum atomic E-state index is 13.0. The molecule has 2 aromatic rings. The summed E-state index contributed by atoms with van der Waals surface area (Å²) in [5.74, 6) is 0.139. The van der Waals surface area contributed by atoms with Crippen molar-refractivity contribution in [3.8, 4) is 5.75 Å². The van der Waals surface area contributed by atoms with Gasteiger partial charge in [0.1, 0.15) is 11.8 Å². The first-order valence-electron chi connectivity index (χ1n) is 8.86. The fourth-order valence-electron chi connectivity index (χ4n) is 2.82. The third-order valence-electron chi connectivity index (χ3n) is 4.06. The third kappa shape index (κ3) is 5.23. The molecular formula is C20H26N2O4S. The van der Waals surface area contributed by atoms with Crippen molar-refractivity contribution in [3.63, 3.8) is 0 Å². The van der Waals surface area contributed by atoms with Gasteiger partial charge in [0.05, 0.1) is 24.2 Å². The largest absolute Gasteiger partial charge is 0.492 e. The van der Waals surface area contributed by atoms with E-state index in [1.807, 2.05) is 32.0 Å². The summed E-state index contributed by atoms with van der Waals surface area (Å²) in [5.41, 5.74) is 1.98. The minimum Gasteiger partial charge on any atom is -0.492 e. The Hall–Kier alpha value is -2.54. The average Bonchev–Trinajstić information content (AvgIpc) is 2.61. The van der Waals surface area contributed by atoms with Crippen LogP contribution in [-0.2, 0) is 14.8 Å². The first kappa shape index (κ1) is 20.8. The number of para-hydroxylation sites is 2. The number of anilines is 2. The number of nitrogens with one attached hydrogen (secondary N) is 1. The van der Waals surface area contributed by atoms with Gasteiger partial charge < -0.3 is 10.1 Å². The van der Waals surface area contributed by atoms with Crippen LogP contribution < -0.4 is 14.4 Å². The number of ether oxygens (including phenoxy) is 1. The number of nitrogens with zero attached hydrogens (tertiary/aromatic N) is 1. The molecule has 0 aliphatic heterocycles. The highest BCUT2D eigenvalue weighted by Gasteiger charge is 2.31. The predicted octanol–water partition coefficient (Wildman–Crippen LogP) is 3.58. The number of hydrogen-bond acceptors (Lipinski definition) is 4. The molecule has 146 valence electrons. The first-order valence-corrected chi connectivity index (χ1v) is 10.7. The minimum atomic E-state index is -3.66. The van der Waals surface area contributed by atoms with Gasteiger partial charge in [0.15, 0.2) is 0 Å². The van der Waals surface area contributed by atoms with E-state index in [-0.39, 0.29) is 0 Å². The number of amides is 1. The molecule has 0 aromatic heterocycles. The highest BCUT2D eigenvalue weighted by molar-refractivity contribution is 7.92. The second-order valence-corrected chi connectivity index (χ2v) is 8.10. The van der Waals surface area contributed by atoms with Crippen molar-refractivity contribution < 1.29 is 17.9 Å². The fourth-order valence-corrected chi connectivity index (χ4v) is 4.03. The van der Waals surface area contributed by atoms with Crippen LogP contribution >= 0.6 is 0 Å². The second kappa shape index (κ2) is 8.90. The second-order valence-electron chi connectivity index (χ2n) is 6.24. The van der Waals surface area contributed by atoms with E-state index >= 15 is 0 Å². The van der Waals surface area contributed by atoms with E-state index in [0.717, 1.165) is 11.8 Å². The van der Waals surface area contributed by atoms with E-state index in [4.69, 9.17) is 4.74 Å². The van der Waals surface area contributed by atoms with Gasteiger partial charge in [-0.15, -0.1) is 0 Å². The van der Waals surface area contributed by atoms with Crippen molar-refractivity contribution in [1.29, 1.82) is 0 Å². The van der Waals surface area contributed by atoms with E-state index in [1.54, 1.807) is 37.3 Å². The molecule has 6 nitrogen and oxygen atoms in total. The van der Waals surface area contributed by atoms with Gasteiger partial charge in [-0.3, -0.25) is 9.10 Å². The Balaban J connectivity index is 2.37. The topological polar surface area (TPSA) is 75.7 Å². The van der Waals surface area contributed by atoms with Crippen LogP contribution in [0.1, 0.15) is 25.8 Å². The zero-order chi connectivity index (χ0) is 20.0. The quantitative estimate of drug-likeness (QED) is 0.748. The van der Waals surface area contributed by atoms with Crippen LogP contribution in [0.25, 0.3) is 0 Å². The Morgan fingerprint density at radius 2 is 1.74 bits per heavy atom. The summed E-state index contributed by atoms with van der Waals surface area (Å²) in [6.45, 7) is 6.02. The van der Waals surface area contributed by atoms with Gasteiger partial charge in [0.25, 0.3) is 0 Å². The molecule has 0 spiro atoms. The molecule has 2 aromatic carbocycles. The zero-order valence-electron chi connectivity index (χ0n) is 16.1. The Labute approximate surface area is 161 Å². The molecule has 2 rings (SSSR count). The number of benzene rings is 2. The summed E-state index contributed by atoms with van der Waals surface area (Å²) in [6.07, 6.45) is 1.43. The van der Waals surface area contributed by atoms with Crippen LogP contribution in [0.3, 0.4) is 0 Å². The van der Waals surface area contributed by atoms with Crippen molar-refractivity contribution in [3.05, 3.63) is 54.1 Å². The van der Waals surface area contributed by atoms with E-state index in [1.165, 1.54) is 4.31 Å². The van der Waals surface area contributed by atoms with Crippen molar-refractivity contribution in [2.24, 2.45) is 0 Å². The molecule has 1 amide bonds. The zero-order valence-corrected chi connectivity index (χ0v) is 16.9. The van der Waals surface area contributed by atoms with Gasteiger partial charge in [-0.25, -0.2) is 8.42 Å². The van der Waals surface area contributed by atoms with Crippen LogP contribution in [0.2, 0.25) is 0 Å². The maximum Gasteiger partial charge on any atom is 0.248 e. The summed E-state index contributed by atoms with van der Waals surface area (Å²) < 4.78 is 31.6. The lowest BCUT2D eigenvalue weighted by Crippen LogP contribution is -2.47. The van der Waals surface area contributed by atoms with E-state index in [0.29, 0.717) is 30.2 Å². The number of carbonyl (C=O) groups excluding carboxylic acids is 1. The molecule has 0 saturated carbocycles. The SMILES string of the molecule is CCOc1ccccc1NC(=O)C(CC)N(c1ccc(C)cc1)S(C)(=O)=O. The molecule has 0 fully saturated rings. The van der Waals surface area contributed by atoms with Crippen molar-refractivity contribution >= 4 is 27.3 Å². The maximum absolute atomic E-state index is 13.0. The lowest BCUT2D eigenvalue weighted by Gasteiger charge is -2.30. The lowest BCUT2D eigenvalue weighted by molar-refractivity contribution is -0.117. The molecule has 1 unspecified atom stereocenters. The highest BCUT2D eigenvalue weighted by Crippen LogP contribution is 2.27. The normalized spacial score (nSPS) is 12.3. The molecule has 0 heterocycles. The van der Waals surface area contributed by atoms with Crippen molar-refractivity contribution in [2.75, 3.05) is 22.5 Å². The van der Waals surface area contributed by atoms with Crippen LogP contribution in [0, 0.1) is 6.92 Å². The van der Waals surface area contributed by atoms with Gasteiger partial charge in [0.2, 0.25) is 15.9 Å². The van der Waals surface area contributed by atoms with Gasteiger partial charge >= 0.3 is 0 Å². The van der Waals surface area contributed by atoms with Gasteiger partial charge in [-0.2, -0.15) is 0 Å². The van der Waals surface area contributed by atoms with Crippen LogP contribution in [0.5, 0.6) is 5.75 Å². The van der Waals surface area contributed by atoms with Crippen molar-refractivity contribution in [1.82, 2.24) is 0 Å². The molecule has 1 atom stereocenters. The smallest absolute Gasteiger partial charge is 0.248 e. The average molecular weight is 391 g/mol. The molecule has 0 aliphatic rings. The fraction of sp³-hybridized carbons (Fsp3) is 0.350. The highest BCUT2D eigenvalue weighted by atomic mass is 32.2. The van der Waals surface area contributed by atoms with Crippen LogP contribution in [0.15, 0.2) is 48.5 Å². The number of carbonyl (C=O) groups is 1. The molecule has 0 aliphatic carbocycles. The standard InChI is InChI=1S/C20H26N2O4S/c1-5-18(20(23)21-17-9-7-8-10-19(17)26-6-2)22(27(4,24)25)16-13-11-15(3)12-14-16/h7-14,18H,5-6H2,1-4H3,(H,21,23). The summed E-state index contributed by atoms with van der Waals surface area (Å²) in [5, 5.41) is 2.81. The van der Waals surface area contributed by atoms with Crippen molar-refractivity contribution in [2.45, 2.75) is 33.2 Å². The number of aryl methyl sites for hydroxylation is 1. The van der Waals surface area contributed by atoms with Gasteiger partial charge in [-0.1, -0.05) is 36.8 Å². The monoisotopic (exact) mass is 390 g/mol. The molecule has 0 saturated heterocycles. The lowest BCUT2D eigenvalue weighted by atomic mass is 10.1. The molecule has 0 radical (unpaired) electrons. The molecule has 0 bridgehead atoms. The summed E-state index contributed by atoms with van der Waals surface area (Å²) in [4.78, 5) is 13.0. The van der Waals surface area contributed by atoms with Gasteiger partial charge in [0, 0.05) is 0 Å². The Morgan fingerprint density at radius 1 is 1.11 bits per heavy atom. The van der Waals surface area contributed by atoms with Crippen LogP contribution in [0.4, 0.5) is 11.4 Å². The number of hydrogen-bond donors (Lipinski definition) is 1. The van der Waals surface area contributed by atoms with E-state index < -0.39 is 22.0 Å². The van der Waals surface area contributed by atoms with E-state index in [2.05, 4.69) is 5.32 Å². The summed E-state index contributed by atoms with van der Waals surface area (Å²) in [7, 11) is -3.66. The predicted molar refractivity (Wildman–Crippen MR) is 109 cm³/mol. The summed E-state index contributed by atoms with van der Waals surface area (Å²) >= 11 is 0. The molecule has 27 heavy (non-hydrogen) atoms. The van der Waals surface area contributed by atoms with E-state index in [9.17, 15) is 13.2 Å². The Kier molecular flexibility index (Phi) is 6.85. The minimum absolute atomic E-state index is 0.323. The molecular weight excluding hydrogens is 364 g/mol. The number of rotatable bonds is 8. The van der Waals surface area contributed by atoms with Crippen LogP contribution in [-0.4, -0.2) is 33.2 Å². The third-order valence-corrected chi connectivity index (χ3v) is 5.24. The number of sulfonamides is 1. The molecule has 7 heteroatoms. The van der Waals surface area contributed by atoms with Gasteiger partial charge in [-0.05, 0) is 44.5 Å².